The normalized spacial score (nSPS) is 23.2. The van der Waals surface area contributed by atoms with Crippen LogP contribution in [0.25, 0.3) is 0 Å². The molecule has 3 N–H and O–H groups in total. The number of rotatable bonds is 2. The SMILES string of the molecule is CC(C)(C)OC(=O)N1CC(=O)CC1C(=O)O.CC(C)(C)OC(=O)N1C[C@](C)(O)C[C@@H]1C(=O)O.[Br-].[CH3-].[Mg+2]. The number of likely N-dealkylation sites (tertiary alicyclic amines) is 2. The van der Waals surface area contributed by atoms with Crippen LogP contribution in [0.5, 0.6) is 0 Å². The average molecular weight is 594 g/mol. The van der Waals surface area contributed by atoms with E-state index in [2.05, 4.69) is 0 Å². The zero-order valence-electron chi connectivity index (χ0n) is 22.2. The van der Waals surface area contributed by atoms with E-state index in [0.717, 1.165) is 9.80 Å². The second-order valence-corrected chi connectivity index (χ2v) is 10.4. The number of hydrogen-bond donors (Lipinski definition) is 3. The van der Waals surface area contributed by atoms with E-state index in [0.29, 0.717) is 0 Å². The van der Waals surface area contributed by atoms with E-state index < -0.39 is 53.0 Å². The van der Waals surface area contributed by atoms with Gasteiger partial charge in [0.25, 0.3) is 0 Å². The minimum atomic E-state index is -1.18. The third-order valence-corrected chi connectivity index (χ3v) is 4.49. The molecule has 2 aliphatic rings. The van der Waals surface area contributed by atoms with Gasteiger partial charge >= 0.3 is 47.2 Å². The summed E-state index contributed by atoms with van der Waals surface area (Å²) in [5.41, 5.74) is -2.57. The van der Waals surface area contributed by atoms with Crippen molar-refractivity contribution in [3.8, 4) is 0 Å². The third kappa shape index (κ3) is 12.5. The first kappa shape index (κ1) is 38.9. The number of β-amino-alcohol motifs (C(OH)–C–C–N with tert-alkyl or cyclic N) is 1. The number of carboxylic acid groups (broad SMARTS) is 2. The Labute approximate surface area is 238 Å². The topological polar surface area (TPSA) is 171 Å². The first-order valence-corrected chi connectivity index (χ1v) is 10.4. The van der Waals surface area contributed by atoms with Gasteiger partial charge in [0.1, 0.15) is 23.3 Å². The van der Waals surface area contributed by atoms with Gasteiger partial charge in [-0.05, 0) is 48.5 Å². The molecule has 0 aliphatic carbocycles. The van der Waals surface area contributed by atoms with Crippen molar-refractivity contribution < 1.29 is 65.7 Å². The van der Waals surface area contributed by atoms with E-state index in [9.17, 15) is 29.1 Å². The van der Waals surface area contributed by atoms with Crippen LogP contribution in [0.15, 0.2) is 0 Å². The van der Waals surface area contributed by atoms with Crippen LogP contribution in [0, 0.1) is 7.43 Å². The van der Waals surface area contributed by atoms with Crippen molar-refractivity contribution in [3.63, 3.8) is 0 Å². The van der Waals surface area contributed by atoms with Gasteiger partial charge in [0.2, 0.25) is 0 Å². The van der Waals surface area contributed by atoms with E-state index >= 15 is 0 Å². The number of Topliss-reactive ketones (excluding diaryl/α,β-unsaturated/α-hetero) is 1. The molecule has 14 heteroatoms. The van der Waals surface area contributed by atoms with Crippen molar-refractivity contribution in [2.24, 2.45) is 0 Å². The standard InChI is InChI=1S/C11H19NO5.C10H15NO5.CH3.BrH.Mg/c1-10(2,3)17-9(15)12-6-11(4,16)5-7(12)8(13)14;1-10(2,3)16-9(15)11-5-6(12)4-7(11)8(13)14;;;/h7,16H,5-6H2,1-4H3,(H,13,14);7H,4-5H2,1-3H3,(H,13,14);1H3;1H;/q;;-1;;+2/p-1/t7-,11-;;;;/m1..../s1. The summed E-state index contributed by atoms with van der Waals surface area (Å²) >= 11 is 0. The molecule has 2 aliphatic heterocycles. The molecular formula is C22H37BrMgN2O10. The molecule has 1 unspecified atom stereocenters. The summed E-state index contributed by atoms with van der Waals surface area (Å²) in [7, 11) is 0. The average Bonchev–Trinajstić information content (AvgIpc) is 3.12. The molecule has 3 atom stereocenters. The summed E-state index contributed by atoms with van der Waals surface area (Å²) in [6.45, 7) is 11.4. The zero-order chi connectivity index (χ0) is 25.9. The Morgan fingerprint density at radius 2 is 1.28 bits per heavy atom. The van der Waals surface area contributed by atoms with Crippen LogP contribution >= 0.6 is 0 Å². The van der Waals surface area contributed by atoms with Gasteiger partial charge in [-0.1, -0.05) is 0 Å². The van der Waals surface area contributed by atoms with Gasteiger partial charge in [-0.3, -0.25) is 14.6 Å². The number of ether oxygens (including phenoxy) is 2. The van der Waals surface area contributed by atoms with Crippen molar-refractivity contribution in [1.29, 1.82) is 0 Å². The Kier molecular flexibility index (Phi) is 15.5. The van der Waals surface area contributed by atoms with Gasteiger partial charge in [0, 0.05) is 12.8 Å². The van der Waals surface area contributed by atoms with Crippen molar-refractivity contribution in [3.05, 3.63) is 7.43 Å². The number of carbonyl (C=O) groups is 5. The molecule has 0 aromatic carbocycles. The predicted octanol–water partition coefficient (Wildman–Crippen LogP) is -1.45. The number of nitrogens with zero attached hydrogens (tertiary/aromatic N) is 2. The third-order valence-electron chi connectivity index (χ3n) is 4.49. The molecule has 204 valence electrons. The summed E-state index contributed by atoms with van der Waals surface area (Å²) in [4.78, 5) is 58.4. The van der Waals surface area contributed by atoms with Crippen molar-refractivity contribution in [1.82, 2.24) is 9.80 Å². The molecule has 0 bridgehead atoms. The Hall–Kier alpha value is -1.64. The number of hydrogen-bond acceptors (Lipinski definition) is 8. The monoisotopic (exact) mass is 592 g/mol. The minimum absolute atomic E-state index is 0. The maximum Gasteiger partial charge on any atom is 2.00 e. The van der Waals surface area contributed by atoms with E-state index in [-0.39, 0.29) is 79.2 Å². The molecule has 0 aromatic heterocycles. The smallest absolute Gasteiger partial charge is 1.00 e. The van der Waals surface area contributed by atoms with E-state index in [1.807, 2.05) is 0 Å². The van der Waals surface area contributed by atoms with Gasteiger partial charge < -0.3 is 49.2 Å². The maximum absolute atomic E-state index is 11.8. The summed E-state index contributed by atoms with van der Waals surface area (Å²) in [6, 6.07) is -2.12. The molecule has 2 amide bonds. The zero-order valence-corrected chi connectivity index (χ0v) is 25.2. The number of carbonyl (C=O) groups excluding carboxylic acids is 3. The van der Waals surface area contributed by atoms with Crippen molar-refractivity contribution in [2.45, 2.75) is 90.2 Å². The van der Waals surface area contributed by atoms with Crippen molar-refractivity contribution >= 4 is 53.0 Å². The molecule has 0 spiro atoms. The van der Waals surface area contributed by atoms with Crippen LogP contribution < -0.4 is 17.0 Å². The molecule has 2 rings (SSSR count). The van der Waals surface area contributed by atoms with Gasteiger partial charge in [0.15, 0.2) is 5.78 Å². The van der Waals surface area contributed by atoms with Crippen LogP contribution in [0.4, 0.5) is 9.59 Å². The number of amides is 2. The Balaban J connectivity index is -0.000000559. The molecule has 12 nitrogen and oxygen atoms in total. The van der Waals surface area contributed by atoms with Crippen LogP contribution in [-0.4, -0.2) is 120 Å². The van der Waals surface area contributed by atoms with Crippen LogP contribution in [0.3, 0.4) is 0 Å². The van der Waals surface area contributed by atoms with Gasteiger partial charge in [-0.2, -0.15) is 0 Å². The molecular weight excluding hydrogens is 556 g/mol. The molecule has 2 fully saturated rings. The number of aliphatic hydroxyl groups is 1. The van der Waals surface area contributed by atoms with Crippen LogP contribution in [-0.2, 0) is 23.9 Å². The summed E-state index contributed by atoms with van der Waals surface area (Å²) < 4.78 is 10.1. The van der Waals surface area contributed by atoms with E-state index in [1.165, 1.54) is 6.92 Å². The second kappa shape index (κ2) is 14.3. The number of halogens is 1. The van der Waals surface area contributed by atoms with Crippen molar-refractivity contribution in [2.75, 3.05) is 13.1 Å². The molecule has 0 radical (unpaired) electrons. The number of aliphatic carboxylic acids is 2. The van der Waals surface area contributed by atoms with E-state index in [4.69, 9.17) is 19.7 Å². The first-order chi connectivity index (χ1) is 14.7. The fourth-order valence-corrected chi connectivity index (χ4v) is 3.22. The minimum Gasteiger partial charge on any atom is -1.00 e. The fraction of sp³-hybridized carbons (Fsp3) is 0.727. The molecule has 2 saturated heterocycles. The van der Waals surface area contributed by atoms with Gasteiger partial charge in [-0.25, -0.2) is 19.2 Å². The van der Waals surface area contributed by atoms with Gasteiger partial charge in [0.05, 0.1) is 18.7 Å². The molecule has 0 saturated carbocycles. The second-order valence-electron chi connectivity index (χ2n) is 10.4. The Morgan fingerprint density at radius 3 is 1.64 bits per heavy atom. The predicted molar refractivity (Wildman–Crippen MR) is 126 cm³/mol. The molecule has 36 heavy (non-hydrogen) atoms. The maximum atomic E-state index is 11.8. The Bertz CT molecular complexity index is 808. The van der Waals surface area contributed by atoms with Gasteiger partial charge in [-0.15, -0.1) is 0 Å². The summed E-state index contributed by atoms with van der Waals surface area (Å²) in [5, 5.41) is 27.7. The number of ketones is 1. The summed E-state index contributed by atoms with van der Waals surface area (Å²) in [5.74, 6) is -2.58. The largest absolute Gasteiger partial charge is 2.00 e. The molecule has 2 heterocycles. The van der Waals surface area contributed by atoms with Crippen LogP contribution in [0.1, 0.15) is 61.3 Å². The quantitative estimate of drug-likeness (QED) is 0.254. The summed E-state index contributed by atoms with van der Waals surface area (Å²) in [6.07, 6.45) is -1.59. The molecule has 0 aromatic rings. The van der Waals surface area contributed by atoms with E-state index in [1.54, 1.807) is 41.5 Å². The number of carboxylic acids is 2. The first-order valence-electron chi connectivity index (χ1n) is 10.4. The Morgan fingerprint density at radius 1 is 0.889 bits per heavy atom. The van der Waals surface area contributed by atoms with Crippen LogP contribution in [0.2, 0.25) is 0 Å². The fourth-order valence-electron chi connectivity index (χ4n) is 3.22.